The number of hydrogen-bond donors (Lipinski definition) is 2. The molecule has 1 atom stereocenters. The Labute approximate surface area is 206 Å². The second kappa shape index (κ2) is 10.8. The number of halogens is 2. The first-order valence-electron chi connectivity index (χ1n) is 9.84. The monoisotopic (exact) mass is 522 g/mol. The number of carbonyl (C=O) groups is 2. The van der Waals surface area contributed by atoms with Gasteiger partial charge in [0.1, 0.15) is 17.5 Å². The van der Waals surface area contributed by atoms with Crippen molar-refractivity contribution < 1.29 is 27.5 Å². The standard InChI is InChI=1S/C23H20Cl2N2O6S/c1-14(23(29)32-2)26-22(28)18-13-15(24)7-12-20(18)27-34(30,31)17-10-8-16(9-11-17)33-21-6-4-3-5-19(21)25/h3-14,27H,1-2H3,(H,26,28)/t14-/m1/s1. The largest absolute Gasteiger partial charge is 0.467 e. The Hall–Kier alpha value is -3.27. The molecule has 0 radical (unpaired) electrons. The Bertz CT molecular complexity index is 1310. The SMILES string of the molecule is COC(=O)[C@@H](C)NC(=O)c1cc(Cl)ccc1NS(=O)(=O)c1ccc(Oc2ccccc2Cl)cc1. The molecule has 3 rings (SSSR count). The topological polar surface area (TPSA) is 111 Å². The van der Waals surface area contributed by atoms with Crippen molar-refractivity contribution in [1.29, 1.82) is 0 Å². The molecule has 3 aromatic rings. The van der Waals surface area contributed by atoms with Crippen LogP contribution < -0.4 is 14.8 Å². The Kier molecular flexibility index (Phi) is 8.03. The Morgan fingerprint density at radius 1 is 0.971 bits per heavy atom. The van der Waals surface area contributed by atoms with E-state index in [9.17, 15) is 18.0 Å². The number of esters is 1. The van der Waals surface area contributed by atoms with E-state index in [1.54, 1.807) is 24.3 Å². The van der Waals surface area contributed by atoms with Crippen molar-refractivity contribution in [2.75, 3.05) is 11.8 Å². The molecule has 0 aliphatic rings. The predicted octanol–water partition coefficient (Wildman–Crippen LogP) is 4.88. The van der Waals surface area contributed by atoms with Crippen molar-refractivity contribution in [3.05, 3.63) is 82.3 Å². The van der Waals surface area contributed by atoms with Crippen LogP contribution >= 0.6 is 23.2 Å². The average molecular weight is 523 g/mol. The fourth-order valence-corrected chi connectivity index (χ4v) is 4.27. The molecule has 34 heavy (non-hydrogen) atoms. The molecule has 0 saturated heterocycles. The zero-order valence-corrected chi connectivity index (χ0v) is 20.4. The van der Waals surface area contributed by atoms with E-state index in [4.69, 9.17) is 27.9 Å². The summed E-state index contributed by atoms with van der Waals surface area (Å²) in [6.45, 7) is 1.43. The second-order valence-corrected chi connectivity index (χ2v) is 9.54. The van der Waals surface area contributed by atoms with Gasteiger partial charge in [0, 0.05) is 5.02 Å². The van der Waals surface area contributed by atoms with E-state index in [-0.39, 0.29) is 21.2 Å². The first-order valence-corrected chi connectivity index (χ1v) is 12.1. The zero-order valence-electron chi connectivity index (χ0n) is 18.0. The number of benzene rings is 3. The third kappa shape index (κ3) is 6.19. The van der Waals surface area contributed by atoms with Gasteiger partial charge >= 0.3 is 5.97 Å². The van der Waals surface area contributed by atoms with E-state index in [1.807, 2.05) is 0 Å². The molecule has 0 heterocycles. The molecule has 0 aliphatic heterocycles. The van der Waals surface area contributed by atoms with Gasteiger partial charge < -0.3 is 14.8 Å². The molecule has 11 heteroatoms. The van der Waals surface area contributed by atoms with Gasteiger partial charge in [-0.2, -0.15) is 0 Å². The lowest BCUT2D eigenvalue weighted by molar-refractivity contribution is -0.142. The van der Waals surface area contributed by atoms with E-state index >= 15 is 0 Å². The first kappa shape index (κ1) is 25.4. The van der Waals surface area contributed by atoms with Crippen LogP contribution in [0.1, 0.15) is 17.3 Å². The summed E-state index contributed by atoms with van der Waals surface area (Å²) in [5.41, 5.74) is -0.0825. The summed E-state index contributed by atoms with van der Waals surface area (Å²) in [4.78, 5) is 24.2. The molecule has 0 aliphatic carbocycles. The molecular weight excluding hydrogens is 503 g/mol. The quantitative estimate of drug-likeness (QED) is 0.408. The van der Waals surface area contributed by atoms with Gasteiger partial charge in [0.25, 0.3) is 15.9 Å². The van der Waals surface area contributed by atoms with Crippen molar-refractivity contribution in [1.82, 2.24) is 5.32 Å². The van der Waals surface area contributed by atoms with E-state index in [0.717, 1.165) is 0 Å². The van der Waals surface area contributed by atoms with Crippen LogP contribution in [0.2, 0.25) is 10.0 Å². The van der Waals surface area contributed by atoms with Gasteiger partial charge in [-0.25, -0.2) is 13.2 Å². The highest BCUT2D eigenvalue weighted by Crippen LogP contribution is 2.30. The van der Waals surface area contributed by atoms with Gasteiger partial charge in [-0.3, -0.25) is 9.52 Å². The number of methoxy groups -OCH3 is 1. The molecule has 1 amide bonds. The highest BCUT2D eigenvalue weighted by atomic mass is 35.5. The molecule has 0 spiro atoms. The van der Waals surface area contributed by atoms with Crippen molar-refractivity contribution >= 4 is 50.8 Å². The number of hydrogen-bond acceptors (Lipinski definition) is 6. The van der Waals surface area contributed by atoms with Crippen LogP contribution in [0.3, 0.4) is 0 Å². The third-order valence-electron chi connectivity index (χ3n) is 4.57. The fraction of sp³-hybridized carbons (Fsp3) is 0.130. The fourth-order valence-electron chi connectivity index (χ4n) is 2.85. The summed E-state index contributed by atoms with van der Waals surface area (Å²) in [7, 11) is -2.89. The number of carbonyl (C=O) groups excluding carboxylic acids is 2. The lowest BCUT2D eigenvalue weighted by atomic mass is 10.1. The number of rotatable bonds is 8. The highest BCUT2D eigenvalue weighted by molar-refractivity contribution is 7.92. The van der Waals surface area contributed by atoms with Crippen LogP contribution in [0, 0.1) is 0 Å². The minimum absolute atomic E-state index is 0.0182. The number of amides is 1. The average Bonchev–Trinajstić information content (AvgIpc) is 2.81. The molecule has 2 N–H and O–H groups in total. The van der Waals surface area contributed by atoms with E-state index in [1.165, 1.54) is 56.5 Å². The number of ether oxygens (including phenoxy) is 2. The summed E-state index contributed by atoms with van der Waals surface area (Å²) in [6.07, 6.45) is 0. The summed E-state index contributed by atoms with van der Waals surface area (Å²) in [5.74, 6) is -0.551. The normalized spacial score (nSPS) is 11.9. The zero-order chi connectivity index (χ0) is 24.9. The molecule has 178 valence electrons. The second-order valence-electron chi connectivity index (χ2n) is 7.02. The number of sulfonamides is 1. The van der Waals surface area contributed by atoms with Gasteiger partial charge in [-0.1, -0.05) is 35.3 Å². The maximum Gasteiger partial charge on any atom is 0.328 e. The van der Waals surface area contributed by atoms with Crippen LogP contribution in [-0.4, -0.2) is 33.4 Å². The number of anilines is 1. The molecule has 0 saturated carbocycles. The predicted molar refractivity (Wildman–Crippen MR) is 129 cm³/mol. The molecule has 8 nitrogen and oxygen atoms in total. The van der Waals surface area contributed by atoms with Gasteiger partial charge in [-0.15, -0.1) is 0 Å². The first-order chi connectivity index (χ1) is 16.1. The number of nitrogens with one attached hydrogen (secondary N) is 2. The Morgan fingerprint density at radius 3 is 2.29 bits per heavy atom. The van der Waals surface area contributed by atoms with Crippen LogP contribution in [0.5, 0.6) is 11.5 Å². The minimum atomic E-state index is -4.08. The highest BCUT2D eigenvalue weighted by Gasteiger charge is 2.22. The Morgan fingerprint density at radius 2 is 1.65 bits per heavy atom. The van der Waals surface area contributed by atoms with Crippen molar-refractivity contribution in [3.63, 3.8) is 0 Å². The van der Waals surface area contributed by atoms with E-state index in [0.29, 0.717) is 16.5 Å². The van der Waals surface area contributed by atoms with Crippen LogP contribution in [0.15, 0.2) is 71.6 Å². The maximum absolute atomic E-state index is 12.9. The molecule has 0 fully saturated rings. The van der Waals surface area contributed by atoms with Gasteiger partial charge in [0.2, 0.25) is 0 Å². The maximum atomic E-state index is 12.9. The molecule has 0 unspecified atom stereocenters. The summed E-state index contributed by atoms with van der Waals surface area (Å²) in [5, 5.41) is 3.06. The van der Waals surface area contributed by atoms with Crippen molar-refractivity contribution in [2.24, 2.45) is 0 Å². The smallest absolute Gasteiger partial charge is 0.328 e. The summed E-state index contributed by atoms with van der Waals surface area (Å²) < 4.78 is 38.5. The summed E-state index contributed by atoms with van der Waals surface area (Å²) in [6, 6.07) is 15.7. The van der Waals surface area contributed by atoms with Gasteiger partial charge in [0.15, 0.2) is 0 Å². The third-order valence-corrected chi connectivity index (χ3v) is 6.50. The Balaban J connectivity index is 1.81. The van der Waals surface area contributed by atoms with Crippen LogP contribution in [0.4, 0.5) is 5.69 Å². The van der Waals surface area contributed by atoms with E-state index < -0.39 is 27.9 Å². The van der Waals surface area contributed by atoms with Crippen molar-refractivity contribution in [3.8, 4) is 11.5 Å². The molecule has 0 aromatic heterocycles. The van der Waals surface area contributed by atoms with Crippen molar-refractivity contribution in [2.45, 2.75) is 17.9 Å². The van der Waals surface area contributed by atoms with Crippen LogP contribution in [0.25, 0.3) is 0 Å². The minimum Gasteiger partial charge on any atom is -0.467 e. The lowest BCUT2D eigenvalue weighted by Crippen LogP contribution is -2.39. The van der Waals surface area contributed by atoms with Gasteiger partial charge in [-0.05, 0) is 61.5 Å². The molecule has 0 bridgehead atoms. The number of para-hydroxylation sites is 1. The molecular formula is C23H20Cl2N2O6S. The molecule has 3 aromatic carbocycles. The van der Waals surface area contributed by atoms with Gasteiger partial charge in [0.05, 0.1) is 28.3 Å². The van der Waals surface area contributed by atoms with Crippen LogP contribution in [-0.2, 0) is 19.6 Å². The lowest BCUT2D eigenvalue weighted by Gasteiger charge is -2.16. The van der Waals surface area contributed by atoms with E-state index in [2.05, 4.69) is 14.8 Å². The summed E-state index contributed by atoms with van der Waals surface area (Å²) >= 11 is 12.1.